The number of thioether (sulfide) groups is 1. The summed E-state index contributed by atoms with van der Waals surface area (Å²) in [7, 11) is 0. The van der Waals surface area contributed by atoms with Gasteiger partial charge in [0.05, 0.1) is 12.6 Å². The molecule has 0 bridgehead atoms. The molecule has 1 rings (SSSR count). The van der Waals surface area contributed by atoms with E-state index in [0.29, 0.717) is 13.0 Å². The predicted octanol–water partition coefficient (Wildman–Crippen LogP) is 2.83. The number of anilines is 1. The normalized spacial score (nSPS) is 11.4. The molecule has 0 fully saturated rings. The topological polar surface area (TPSA) is 64.3 Å². The smallest absolute Gasteiger partial charge is 0.241 e. The first kappa shape index (κ1) is 19.1. The highest BCUT2D eigenvalue weighted by molar-refractivity contribution is 7.98. The van der Waals surface area contributed by atoms with E-state index in [2.05, 4.69) is 5.32 Å². The van der Waals surface area contributed by atoms with E-state index in [1.807, 2.05) is 38.3 Å². The van der Waals surface area contributed by atoms with Crippen LogP contribution >= 0.6 is 24.2 Å². The summed E-state index contributed by atoms with van der Waals surface area (Å²) in [5.74, 6) is 1.56. The van der Waals surface area contributed by atoms with Gasteiger partial charge in [-0.1, -0.05) is 0 Å². The number of rotatable bonds is 7. The summed E-state index contributed by atoms with van der Waals surface area (Å²) >= 11 is 1.69. The number of hydrogen-bond acceptors (Lipinski definition) is 4. The van der Waals surface area contributed by atoms with Crippen LogP contribution in [0.15, 0.2) is 18.2 Å². The zero-order valence-electron chi connectivity index (χ0n) is 12.1. The first-order chi connectivity index (χ1) is 9.08. The lowest BCUT2D eigenvalue weighted by atomic mass is 10.1. The largest absolute Gasteiger partial charge is 0.494 e. The SMILES string of the molecule is CCOc1ccc(NC(=O)[C@@H](N)CCSC)c(C)c1.Cl. The third-order valence-corrected chi connectivity index (χ3v) is 3.38. The van der Waals surface area contributed by atoms with Crippen LogP contribution in [-0.4, -0.2) is 30.6 Å². The molecule has 1 atom stereocenters. The molecular formula is C14H23ClN2O2S. The zero-order chi connectivity index (χ0) is 14.3. The molecule has 1 aromatic carbocycles. The van der Waals surface area contributed by atoms with Crippen molar-refractivity contribution in [1.82, 2.24) is 0 Å². The molecule has 20 heavy (non-hydrogen) atoms. The average Bonchev–Trinajstić information content (AvgIpc) is 2.39. The van der Waals surface area contributed by atoms with E-state index in [9.17, 15) is 4.79 Å². The van der Waals surface area contributed by atoms with Crippen LogP contribution in [-0.2, 0) is 4.79 Å². The molecule has 0 heterocycles. The summed E-state index contributed by atoms with van der Waals surface area (Å²) in [6, 6.07) is 5.14. The second kappa shape index (κ2) is 9.91. The van der Waals surface area contributed by atoms with Crippen LogP contribution < -0.4 is 15.8 Å². The molecule has 1 aromatic rings. The van der Waals surface area contributed by atoms with Gasteiger partial charge in [0.2, 0.25) is 5.91 Å². The number of nitrogens with one attached hydrogen (secondary N) is 1. The number of aryl methyl sites for hydroxylation is 1. The van der Waals surface area contributed by atoms with Crippen LogP contribution in [0.4, 0.5) is 5.69 Å². The fourth-order valence-corrected chi connectivity index (χ4v) is 2.12. The maximum Gasteiger partial charge on any atom is 0.241 e. The molecule has 0 spiro atoms. The lowest BCUT2D eigenvalue weighted by Crippen LogP contribution is -2.36. The van der Waals surface area contributed by atoms with Gasteiger partial charge in [0.25, 0.3) is 0 Å². The summed E-state index contributed by atoms with van der Waals surface area (Å²) in [4.78, 5) is 11.9. The van der Waals surface area contributed by atoms with E-state index >= 15 is 0 Å². The minimum absolute atomic E-state index is 0. The summed E-state index contributed by atoms with van der Waals surface area (Å²) in [5.41, 5.74) is 7.58. The number of nitrogens with two attached hydrogens (primary N) is 1. The molecule has 0 saturated heterocycles. The van der Waals surface area contributed by atoms with Crippen molar-refractivity contribution >= 4 is 35.8 Å². The molecule has 3 N–H and O–H groups in total. The molecular weight excluding hydrogens is 296 g/mol. The first-order valence-corrected chi connectivity index (χ1v) is 7.76. The molecule has 1 amide bonds. The Morgan fingerprint density at radius 3 is 2.75 bits per heavy atom. The maximum atomic E-state index is 11.9. The lowest BCUT2D eigenvalue weighted by Gasteiger charge is -2.14. The highest BCUT2D eigenvalue weighted by atomic mass is 35.5. The van der Waals surface area contributed by atoms with E-state index in [1.54, 1.807) is 11.8 Å². The predicted molar refractivity (Wildman–Crippen MR) is 89.2 cm³/mol. The van der Waals surface area contributed by atoms with Crippen LogP contribution in [0.3, 0.4) is 0 Å². The van der Waals surface area contributed by atoms with E-state index in [1.165, 1.54) is 0 Å². The highest BCUT2D eigenvalue weighted by Gasteiger charge is 2.14. The number of carbonyl (C=O) groups is 1. The van der Waals surface area contributed by atoms with Gasteiger partial charge in [0.15, 0.2) is 0 Å². The Labute approximate surface area is 131 Å². The number of carbonyl (C=O) groups excluding carboxylic acids is 1. The van der Waals surface area contributed by atoms with Crippen LogP contribution in [0.25, 0.3) is 0 Å². The van der Waals surface area contributed by atoms with Gasteiger partial charge < -0.3 is 15.8 Å². The number of amides is 1. The Morgan fingerprint density at radius 1 is 1.50 bits per heavy atom. The van der Waals surface area contributed by atoms with Crippen molar-refractivity contribution in [2.45, 2.75) is 26.3 Å². The second-order valence-corrected chi connectivity index (χ2v) is 5.27. The highest BCUT2D eigenvalue weighted by Crippen LogP contribution is 2.21. The minimum atomic E-state index is -0.460. The number of halogens is 1. The fraction of sp³-hybridized carbons (Fsp3) is 0.500. The lowest BCUT2D eigenvalue weighted by molar-refractivity contribution is -0.117. The van der Waals surface area contributed by atoms with Crippen LogP contribution in [0.1, 0.15) is 18.9 Å². The Bertz CT molecular complexity index is 430. The number of hydrogen-bond donors (Lipinski definition) is 2. The molecule has 0 saturated carbocycles. The third kappa shape index (κ3) is 6.03. The average molecular weight is 319 g/mol. The fourth-order valence-electron chi connectivity index (χ4n) is 1.63. The molecule has 4 nitrogen and oxygen atoms in total. The molecule has 0 aliphatic rings. The summed E-state index contributed by atoms with van der Waals surface area (Å²) < 4.78 is 5.41. The van der Waals surface area contributed by atoms with Gasteiger partial charge in [-0.3, -0.25) is 4.79 Å². The Hall–Kier alpha value is -0.910. The van der Waals surface area contributed by atoms with Gasteiger partial charge >= 0.3 is 0 Å². The molecule has 6 heteroatoms. The van der Waals surface area contributed by atoms with Crippen molar-refractivity contribution in [3.63, 3.8) is 0 Å². The standard InChI is InChI=1S/C14H22N2O2S.ClH/c1-4-18-11-5-6-13(10(2)9-11)16-14(17)12(15)7-8-19-3;/h5-6,9,12H,4,7-8,15H2,1-3H3,(H,16,17);1H/t12-;/m0./s1. The Morgan fingerprint density at radius 2 is 2.20 bits per heavy atom. The third-order valence-electron chi connectivity index (χ3n) is 2.74. The molecule has 0 aliphatic heterocycles. The molecule has 0 aliphatic carbocycles. The van der Waals surface area contributed by atoms with Crippen molar-refractivity contribution in [1.29, 1.82) is 0 Å². The van der Waals surface area contributed by atoms with Crippen molar-refractivity contribution in [3.05, 3.63) is 23.8 Å². The Kier molecular flexibility index (Phi) is 9.46. The van der Waals surface area contributed by atoms with Gasteiger partial charge in [0, 0.05) is 5.69 Å². The quantitative estimate of drug-likeness (QED) is 0.811. The van der Waals surface area contributed by atoms with Crippen molar-refractivity contribution in [2.24, 2.45) is 5.73 Å². The summed E-state index contributed by atoms with van der Waals surface area (Å²) in [6.07, 6.45) is 2.68. The van der Waals surface area contributed by atoms with Crippen LogP contribution in [0, 0.1) is 6.92 Å². The summed E-state index contributed by atoms with van der Waals surface area (Å²) in [5, 5.41) is 2.86. The molecule has 0 unspecified atom stereocenters. The molecule has 0 aromatic heterocycles. The minimum Gasteiger partial charge on any atom is -0.494 e. The van der Waals surface area contributed by atoms with Crippen LogP contribution in [0.5, 0.6) is 5.75 Å². The van der Waals surface area contributed by atoms with E-state index in [4.69, 9.17) is 10.5 Å². The van der Waals surface area contributed by atoms with E-state index in [0.717, 1.165) is 22.8 Å². The number of ether oxygens (including phenoxy) is 1. The first-order valence-electron chi connectivity index (χ1n) is 6.37. The van der Waals surface area contributed by atoms with Crippen molar-refractivity contribution < 1.29 is 9.53 Å². The van der Waals surface area contributed by atoms with Gasteiger partial charge in [-0.05, 0) is 56.0 Å². The number of benzene rings is 1. The van der Waals surface area contributed by atoms with Crippen molar-refractivity contribution in [3.8, 4) is 5.75 Å². The van der Waals surface area contributed by atoms with Crippen molar-refractivity contribution in [2.75, 3.05) is 23.9 Å². The summed E-state index contributed by atoms with van der Waals surface area (Å²) in [6.45, 7) is 4.51. The van der Waals surface area contributed by atoms with Gasteiger partial charge in [-0.15, -0.1) is 12.4 Å². The van der Waals surface area contributed by atoms with Crippen LogP contribution in [0.2, 0.25) is 0 Å². The Balaban J connectivity index is 0.00000361. The van der Waals surface area contributed by atoms with Gasteiger partial charge in [-0.25, -0.2) is 0 Å². The molecule has 0 radical (unpaired) electrons. The molecule has 114 valence electrons. The second-order valence-electron chi connectivity index (χ2n) is 4.29. The maximum absolute atomic E-state index is 11.9. The van der Waals surface area contributed by atoms with E-state index < -0.39 is 6.04 Å². The van der Waals surface area contributed by atoms with E-state index in [-0.39, 0.29) is 18.3 Å². The van der Waals surface area contributed by atoms with Gasteiger partial charge in [0.1, 0.15) is 5.75 Å². The zero-order valence-corrected chi connectivity index (χ0v) is 13.8. The van der Waals surface area contributed by atoms with Gasteiger partial charge in [-0.2, -0.15) is 11.8 Å². The monoisotopic (exact) mass is 318 g/mol.